The predicted molar refractivity (Wildman–Crippen MR) is 91.3 cm³/mol. The van der Waals surface area contributed by atoms with Crippen molar-refractivity contribution < 1.29 is 0 Å². The zero-order chi connectivity index (χ0) is 14.4. The van der Waals surface area contributed by atoms with Crippen molar-refractivity contribution in [2.24, 2.45) is 0 Å². The van der Waals surface area contributed by atoms with E-state index in [9.17, 15) is 0 Å². The summed E-state index contributed by atoms with van der Waals surface area (Å²) in [5.74, 6) is 0. The van der Waals surface area contributed by atoms with Gasteiger partial charge in [0.15, 0.2) is 0 Å². The Morgan fingerprint density at radius 2 is 1.48 bits per heavy atom. The summed E-state index contributed by atoms with van der Waals surface area (Å²) >= 11 is 4.76. The molecule has 4 aromatic rings. The van der Waals surface area contributed by atoms with Crippen LogP contribution < -0.4 is 0 Å². The van der Waals surface area contributed by atoms with Crippen LogP contribution in [0.1, 0.15) is 9.75 Å². The molecule has 0 atom stereocenters. The topological polar surface area (TPSA) is 38.7 Å². The molecule has 0 aliphatic rings. The minimum absolute atomic E-state index is 0.908. The fraction of sp³-hybridized carbons (Fsp3) is 0.133. The Bertz CT molecular complexity index is 858. The van der Waals surface area contributed by atoms with Gasteiger partial charge >= 0.3 is 0 Å². The van der Waals surface area contributed by atoms with Crippen LogP contribution in [-0.2, 0) is 0 Å². The fourth-order valence-electron chi connectivity index (χ4n) is 2.27. The Morgan fingerprint density at radius 1 is 0.810 bits per heavy atom. The molecular weight excluding hydrogens is 318 g/mol. The van der Waals surface area contributed by atoms with Gasteiger partial charge in [-0.25, -0.2) is 0 Å². The maximum Gasteiger partial charge on any atom is 0.132 e. The molecule has 0 N–H and O–H groups in total. The first-order chi connectivity index (χ1) is 10.2. The molecule has 0 aromatic carbocycles. The first-order valence-electron chi connectivity index (χ1n) is 6.47. The molecule has 0 saturated carbocycles. The fourth-order valence-corrected chi connectivity index (χ4v) is 4.58. The van der Waals surface area contributed by atoms with E-state index >= 15 is 0 Å². The summed E-state index contributed by atoms with van der Waals surface area (Å²) in [6.45, 7) is 4.22. The van der Waals surface area contributed by atoms with Crippen molar-refractivity contribution in [3.8, 4) is 21.0 Å². The minimum atomic E-state index is 0.908. The zero-order valence-electron chi connectivity index (χ0n) is 11.5. The number of rotatable bonds is 2. The van der Waals surface area contributed by atoms with Crippen LogP contribution in [0.4, 0.5) is 0 Å². The summed E-state index contributed by atoms with van der Waals surface area (Å²) in [6.07, 6.45) is 1.93. The molecule has 0 saturated heterocycles. The summed E-state index contributed by atoms with van der Waals surface area (Å²) in [5, 5.41) is 0. The van der Waals surface area contributed by atoms with Crippen molar-refractivity contribution in [3.63, 3.8) is 0 Å². The van der Waals surface area contributed by atoms with Crippen molar-refractivity contribution in [2.75, 3.05) is 0 Å². The number of fused-ring (bicyclic) bond motifs is 1. The van der Waals surface area contributed by atoms with Crippen LogP contribution in [0.5, 0.6) is 0 Å². The van der Waals surface area contributed by atoms with E-state index in [-0.39, 0.29) is 0 Å². The Kier molecular flexibility index (Phi) is 3.10. The molecule has 6 heteroatoms. The molecule has 0 amide bonds. The molecule has 0 bridgehead atoms. The zero-order valence-corrected chi connectivity index (χ0v) is 13.9. The van der Waals surface area contributed by atoms with Crippen molar-refractivity contribution in [1.82, 2.24) is 13.7 Å². The van der Waals surface area contributed by atoms with Gasteiger partial charge in [-0.3, -0.25) is 4.98 Å². The van der Waals surface area contributed by atoms with E-state index in [1.165, 1.54) is 26.4 Å². The molecule has 0 unspecified atom stereocenters. The second kappa shape index (κ2) is 4.98. The van der Waals surface area contributed by atoms with Gasteiger partial charge in [0.25, 0.3) is 0 Å². The van der Waals surface area contributed by atoms with E-state index in [2.05, 4.69) is 51.8 Å². The molecule has 104 valence electrons. The van der Waals surface area contributed by atoms with Gasteiger partial charge in [0.05, 0.1) is 16.6 Å². The van der Waals surface area contributed by atoms with E-state index in [0.717, 1.165) is 27.2 Å². The molecule has 3 nitrogen and oxygen atoms in total. The van der Waals surface area contributed by atoms with Crippen LogP contribution in [0.15, 0.2) is 30.5 Å². The molecule has 0 radical (unpaired) electrons. The normalized spacial score (nSPS) is 11.3. The van der Waals surface area contributed by atoms with Gasteiger partial charge in [0, 0.05) is 26.4 Å². The van der Waals surface area contributed by atoms with Gasteiger partial charge in [0.1, 0.15) is 16.7 Å². The number of hydrogen-bond acceptors (Lipinski definition) is 6. The predicted octanol–water partition coefficient (Wildman–Crippen LogP) is 5.16. The molecule has 4 heterocycles. The quantitative estimate of drug-likeness (QED) is 0.510. The summed E-state index contributed by atoms with van der Waals surface area (Å²) in [5.41, 5.74) is 3.88. The number of nitrogens with zero attached hydrogens (tertiary/aromatic N) is 3. The Morgan fingerprint density at radius 3 is 2.14 bits per heavy atom. The Labute approximate surface area is 134 Å². The van der Waals surface area contributed by atoms with Crippen LogP contribution in [0.3, 0.4) is 0 Å². The second-order valence-electron chi connectivity index (χ2n) is 4.80. The van der Waals surface area contributed by atoms with Crippen LogP contribution in [0.25, 0.3) is 32.0 Å². The van der Waals surface area contributed by atoms with Crippen molar-refractivity contribution in [2.45, 2.75) is 13.8 Å². The summed E-state index contributed by atoms with van der Waals surface area (Å²) in [6, 6.07) is 8.48. The van der Waals surface area contributed by atoms with Gasteiger partial charge < -0.3 is 0 Å². The lowest BCUT2D eigenvalue weighted by Crippen LogP contribution is -1.86. The Hall–Kier alpha value is -1.63. The number of thiophene rings is 2. The third-order valence-electron chi connectivity index (χ3n) is 3.27. The second-order valence-corrected chi connectivity index (χ2v) is 7.91. The first kappa shape index (κ1) is 13.1. The van der Waals surface area contributed by atoms with Crippen LogP contribution >= 0.6 is 34.4 Å². The molecule has 0 fully saturated rings. The summed E-state index contributed by atoms with van der Waals surface area (Å²) in [7, 11) is 0. The van der Waals surface area contributed by atoms with Crippen molar-refractivity contribution in [1.29, 1.82) is 0 Å². The average molecular weight is 329 g/mol. The van der Waals surface area contributed by atoms with Crippen LogP contribution in [0.2, 0.25) is 0 Å². The highest BCUT2D eigenvalue weighted by atomic mass is 32.1. The lowest BCUT2D eigenvalue weighted by Gasteiger charge is -2.02. The Balaban J connectivity index is 1.96. The molecular formula is C15H11N3S3. The van der Waals surface area contributed by atoms with E-state index in [1.54, 1.807) is 22.7 Å². The average Bonchev–Trinajstić information content (AvgIpc) is 3.18. The van der Waals surface area contributed by atoms with E-state index < -0.39 is 0 Å². The monoisotopic (exact) mass is 329 g/mol. The standard InChI is InChI=1S/C15H11N3S3/c1-8-3-5-11(19-8)10-7-16-14(12-6-4-9(2)20-12)15-13(10)17-21-18-15/h3-7H,1-2H3. The molecule has 21 heavy (non-hydrogen) atoms. The smallest absolute Gasteiger partial charge is 0.132 e. The van der Waals surface area contributed by atoms with Gasteiger partial charge in [-0.15, -0.1) is 22.7 Å². The maximum atomic E-state index is 4.67. The van der Waals surface area contributed by atoms with E-state index in [4.69, 9.17) is 0 Å². The lowest BCUT2D eigenvalue weighted by atomic mass is 10.1. The third kappa shape index (κ3) is 2.19. The lowest BCUT2D eigenvalue weighted by molar-refractivity contribution is 1.36. The SMILES string of the molecule is Cc1ccc(-c2cnc(-c3ccc(C)s3)c3nsnc23)s1. The summed E-state index contributed by atoms with van der Waals surface area (Å²) < 4.78 is 8.98. The number of aryl methyl sites for hydroxylation is 2. The molecule has 0 aliphatic heterocycles. The van der Waals surface area contributed by atoms with E-state index in [1.807, 2.05) is 6.20 Å². The third-order valence-corrected chi connectivity index (χ3v) is 5.84. The highest BCUT2D eigenvalue weighted by Gasteiger charge is 2.16. The largest absolute Gasteiger partial charge is 0.252 e. The van der Waals surface area contributed by atoms with Gasteiger partial charge in [-0.1, -0.05) is 0 Å². The highest BCUT2D eigenvalue weighted by Crippen LogP contribution is 2.37. The highest BCUT2D eigenvalue weighted by molar-refractivity contribution is 7.16. The molecule has 0 spiro atoms. The molecule has 0 aliphatic carbocycles. The maximum absolute atomic E-state index is 4.67. The summed E-state index contributed by atoms with van der Waals surface area (Å²) in [4.78, 5) is 9.59. The van der Waals surface area contributed by atoms with Gasteiger partial charge in [-0.05, 0) is 38.1 Å². The van der Waals surface area contributed by atoms with Gasteiger partial charge in [0.2, 0.25) is 0 Å². The van der Waals surface area contributed by atoms with Crippen molar-refractivity contribution in [3.05, 3.63) is 40.2 Å². The van der Waals surface area contributed by atoms with E-state index in [0.29, 0.717) is 0 Å². The molecule has 4 rings (SSSR count). The minimum Gasteiger partial charge on any atom is -0.252 e. The van der Waals surface area contributed by atoms with Crippen molar-refractivity contribution >= 4 is 45.4 Å². The number of aromatic nitrogens is 3. The van der Waals surface area contributed by atoms with Gasteiger partial charge in [-0.2, -0.15) is 8.75 Å². The first-order valence-corrected chi connectivity index (χ1v) is 8.83. The van der Waals surface area contributed by atoms with Crippen LogP contribution in [0, 0.1) is 13.8 Å². The number of pyridine rings is 1. The molecule has 4 aromatic heterocycles. The van der Waals surface area contributed by atoms with Crippen LogP contribution in [-0.4, -0.2) is 13.7 Å². The number of hydrogen-bond donors (Lipinski definition) is 0.